The number of aliphatic imine (C=N–C) groups is 1. The van der Waals surface area contributed by atoms with Crippen molar-refractivity contribution in [2.45, 2.75) is 39.0 Å². The van der Waals surface area contributed by atoms with Crippen LogP contribution in [0.1, 0.15) is 48.9 Å². The van der Waals surface area contributed by atoms with Crippen LogP contribution < -0.4 is 5.43 Å². The first-order chi connectivity index (χ1) is 11.9. The maximum atomic E-state index is 11.3. The molecule has 25 heavy (non-hydrogen) atoms. The number of carbonyl (C=O) groups excluding carboxylic acids is 1. The number of rotatable bonds is 2. The molecule has 0 aliphatic carbocycles. The average Bonchev–Trinajstić information content (AvgIpc) is 2.87. The minimum atomic E-state index is -0.168. The van der Waals surface area contributed by atoms with Crippen LogP contribution in [0.25, 0.3) is 0 Å². The Balaban J connectivity index is 1.72. The standard InChI is InChI=1S/C21H21N3O/c1-13-4-6-14(7-5-13)20-21(2,3)16-12-15(8-9-18(16)22-20)17-10-11-19(25)24-23-17/h4-9,12H,10-11H2,1-3H3,(H,24,25). The largest absolute Gasteiger partial charge is 0.273 e. The fourth-order valence-electron chi connectivity index (χ4n) is 3.52. The molecule has 1 N–H and O–H groups in total. The molecule has 4 heteroatoms. The lowest BCUT2D eigenvalue weighted by Crippen LogP contribution is -2.28. The van der Waals surface area contributed by atoms with Gasteiger partial charge in [0.2, 0.25) is 5.91 Å². The summed E-state index contributed by atoms with van der Waals surface area (Å²) in [6.45, 7) is 6.52. The second-order valence-electron chi connectivity index (χ2n) is 7.28. The van der Waals surface area contributed by atoms with Crippen LogP contribution in [0.2, 0.25) is 0 Å². The number of amides is 1. The van der Waals surface area contributed by atoms with Crippen molar-refractivity contribution in [2.24, 2.45) is 10.1 Å². The summed E-state index contributed by atoms with van der Waals surface area (Å²) in [6, 6.07) is 14.8. The number of hydrazone groups is 1. The molecule has 2 heterocycles. The van der Waals surface area contributed by atoms with Crippen LogP contribution in [0.15, 0.2) is 52.6 Å². The van der Waals surface area contributed by atoms with E-state index in [0.29, 0.717) is 12.8 Å². The molecule has 0 fully saturated rings. The molecule has 0 saturated carbocycles. The average molecular weight is 331 g/mol. The van der Waals surface area contributed by atoms with E-state index in [1.54, 1.807) is 0 Å². The SMILES string of the molecule is Cc1ccc(C2=Nc3ccc(C4=NNC(=O)CC4)cc3C2(C)C)cc1. The molecular formula is C21H21N3O. The van der Waals surface area contributed by atoms with Crippen LogP contribution in [0.4, 0.5) is 5.69 Å². The number of benzene rings is 2. The predicted octanol–water partition coefficient (Wildman–Crippen LogP) is 4.02. The van der Waals surface area contributed by atoms with Crippen molar-refractivity contribution in [2.75, 3.05) is 0 Å². The van der Waals surface area contributed by atoms with E-state index < -0.39 is 0 Å². The predicted molar refractivity (Wildman–Crippen MR) is 101 cm³/mol. The van der Waals surface area contributed by atoms with Gasteiger partial charge in [-0.15, -0.1) is 0 Å². The highest BCUT2D eigenvalue weighted by Gasteiger charge is 2.36. The first-order valence-corrected chi connectivity index (χ1v) is 8.62. The van der Waals surface area contributed by atoms with E-state index in [1.807, 2.05) is 6.07 Å². The van der Waals surface area contributed by atoms with Crippen LogP contribution in [0, 0.1) is 6.92 Å². The van der Waals surface area contributed by atoms with E-state index in [4.69, 9.17) is 4.99 Å². The molecule has 0 unspecified atom stereocenters. The minimum absolute atomic E-state index is 0.0183. The summed E-state index contributed by atoms with van der Waals surface area (Å²) < 4.78 is 0. The molecule has 4 rings (SSSR count). The minimum Gasteiger partial charge on any atom is -0.273 e. The number of hydrogen-bond acceptors (Lipinski definition) is 3. The molecule has 2 aromatic rings. The Bertz CT molecular complexity index is 921. The van der Waals surface area contributed by atoms with Crippen LogP contribution >= 0.6 is 0 Å². The molecule has 2 aliphatic rings. The van der Waals surface area contributed by atoms with Crippen molar-refractivity contribution >= 4 is 23.0 Å². The summed E-state index contributed by atoms with van der Waals surface area (Å²) >= 11 is 0. The lowest BCUT2D eigenvalue weighted by atomic mass is 9.78. The number of nitrogens with one attached hydrogen (secondary N) is 1. The maximum Gasteiger partial charge on any atom is 0.240 e. The molecular weight excluding hydrogens is 310 g/mol. The third kappa shape index (κ3) is 2.68. The van der Waals surface area contributed by atoms with Gasteiger partial charge in [0.1, 0.15) is 0 Å². The molecule has 4 nitrogen and oxygen atoms in total. The Labute approximate surface area is 147 Å². The molecule has 0 bridgehead atoms. The summed E-state index contributed by atoms with van der Waals surface area (Å²) in [5.41, 5.74) is 10.1. The van der Waals surface area contributed by atoms with Gasteiger partial charge < -0.3 is 0 Å². The van der Waals surface area contributed by atoms with Gasteiger partial charge in [0.15, 0.2) is 0 Å². The molecule has 0 saturated heterocycles. The lowest BCUT2D eigenvalue weighted by Gasteiger charge is -2.23. The first kappa shape index (κ1) is 15.8. The van der Waals surface area contributed by atoms with Gasteiger partial charge in [-0.05, 0) is 35.7 Å². The van der Waals surface area contributed by atoms with E-state index in [-0.39, 0.29) is 11.3 Å². The van der Waals surface area contributed by atoms with Crippen molar-refractivity contribution in [1.29, 1.82) is 0 Å². The van der Waals surface area contributed by atoms with Crippen LogP contribution in [0.3, 0.4) is 0 Å². The Hall–Kier alpha value is -2.75. The molecule has 0 aromatic heterocycles. The zero-order chi connectivity index (χ0) is 17.6. The molecule has 0 spiro atoms. The van der Waals surface area contributed by atoms with Crippen molar-refractivity contribution < 1.29 is 4.79 Å². The molecule has 1 amide bonds. The van der Waals surface area contributed by atoms with Gasteiger partial charge in [0, 0.05) is 18.3 Å². The lowest BCUT2D eigenvalue weighted by molar-refractivity contribution is -0.121. The number of hydrogen-bond donors (Lipinski definition) is 1. The number of fused-ring (bicyclic) bond motifs is 1. The number of aryl methyl sites for hydroxylation is 1. The van der Waals surface area contributed by atoms with Crippen molar-refractivity contribution in [3.63, 3.8) is 0 Å². The van der Waals surface area contributed by atoms with Crippen molar-refractivity contribution in [3.05, 3.63) is 64.7 Å². The summed E-state index contributed by atoms with van der Waals surface area (Å²) in [5, 5.41) is 4.22. The Morgan fingerprint density at radius 3 is 2.40 bits per heavy atom. The Morgan fingerprint density at radius 2 is 1.72 bits per heavy atom. The highest BCUT2D eigenvalue weighted by Crippen LogP contribution is 2.42. The smallest absolute Gasteiger partial charge is 0.240 e. The summed E-state index contributed by atoms with van der Waals surface area (Å²) in [6.07, 6.45) is 1.17. The van der Waals surface area contributed by atoms with Crippen molar-refractivity contribution in [1.82, 2.24) is 5.43 Å². The van der Waals surface area contributed by atoms with Gasteiger partial charge in [-0.2, -0.15) is 5.10 Å². The fourth-order valence-corrected chi connectivity index (χ4v) is 3.52. The molecule has 2 aromatic carbocycles. The maximum absolute atomic E-state index is 11.3. The van der Waals surface area contributed by atoms with Gasteiger partial charge in [-0.1, -0.05) is 49.7 Å². The van der Waals surface area contributed by atoms with E-state index in [1.165, 1.54) is 11.1 Å². The second-order valence-corrected chi connectivity index (χ2v) is 7.28. The summed E-state index contributed by atoms with van der Waals surface area (Å²) in [7, 11) is 0. The number of carbonyl (C=O) groups is 1. The molecule has 126 valence electrons. The zero-order valence-corrected chi connectivity index (χ0v) is 14.8. The van der Waals surface area contributed by atoms with E-state index in [0.717, 1.165) is 28.2 Å². The van der Waals surface area contributed by atoms with E-state index >= 15 is 0 Å². The summed E-state index contributed by atoms with van der Waals surface area (Å²) in [5.74, 6) is -0.0183. The first-order valence-electron chi connectivity index (χ1n) is 8.62. The van der Waals surface area contributed by atoms with Crippen molar-refractivity contribution in [3.8, 4) is 0 Å². The van der Waals surface area contributed by atoms with E-state index in [9.17, 15) is 4.79 Å². The number of nitrogens with zero attached hydrogens (tertiary/aromatic N) is 2. The fraction of sp³-hybridized carbons (Fsp3) is 0.286. The second kappa shape index (κ2) is 5.66. The Kier molecular flexibility index (Phi) is 3.57. The van der Waals surface area contributed by atoms with Crippen LogP contribution in [0.5, 0.6) is 0 Å². The van der Waals surface area contributed by atoms with Crippen LogP contribution in [-0.4, -0.2) is 17.3 Å². The molecule has 0 radical (unpaired) electrons. The van der Waals surface area contributed by atoms with Gasteiger partial charge in [0.25, 0.3) is 0 Å². The quantitative estimate of drug-likeness (QED) is 0.888. The highest BCUT2D eigenvalue weighted by molar-refractivity contribution is 6.13. The van der Waals surface area contributed by atoms with Crippen LogP contribution in [-0.2, 0) is 10.2 Å². The topological polar surface area (TPSA) is 53.8 Å². The zero-order valence-electron chi connectivity index (χ0n) is 14.8. The van der Waals surface area contributed by atoms with Gasteiger partial charge in [0.05, 0.1) is 17.1 Å². The highest BCUT2D eigenvalue weighted by atomic mass is 16.2. The van der Waals surface area contributed by atoms with E-state index in [2.05, 4.69) is 67.7 Å². The monoisotopic (exact) mass is 331 g/mol. The normalized spacial score (nSPS) is 18.3. The Morgan fingerprint density at radius 1 is 1.00 bits per heavy atom. The van der Waals surface area contributed by atoms with Gasteiger partial charge >= 0.3 is 0 Å². The van der Waals surface area contributed by atoms with Gasteiger partial charge in [-0.25, -0.2) is 5.43 Å². The molecule has 2 aliphatic heterocycles. The summed E-state index contributed by atoms with van der Waals surface area (Å²) in [4.78, 5) is 16.2. The third-order valence-corrected chi connectivity index (χ3v) is 5.06. The third-order valence-electron chi connectivity index (χ3n) is 5.06. The molecule has 0 atom stereocenters. The van der Waals surface area contributed by atoms with Gasteiger partial charge in [-0.3, -0.25) is 9.79 Å².